The van der Waals surface area contributed by atoms with Gasteiger partial charge in [0.1, 0.15) is 18.2 Å². The van der Waals surface area contributed by atoms with Crippen LogP contribution in [0.2, 0.25) is 0 Å². The highest BCUT2D eigenvalue weighted by Gasteiger charge is 2.17. The number of nitrogens with zero attached hydrogens (tertiary/aromatic N) is 4. The minimum Gasteiger partial charge on any atom is -0.313 e. The number of likely N-dealkylation sites (tertiary alicyclic amines) is 1. The Kier molecular flexibility index (Phi) is 3.18. The number of aromatic nitrogens is 2. The molecule has 4 nitrogen and oxygen atoms in total. The van der Waals surface area contributed by atoms with Gasteiger partial charge >= 0.3 is 0 Å². The number of hydrogen-bond acceptors (Lipinski definition) is 3. The molecule has 0 radical (unpaired) electrons. The molecule has 0 spiro atoms. The largest absolute Gasteiger partial charge is 0.313 e. The standard InChI is InChI=1S/C14H15FN4/c15-11-3-4-13-12(9-11)17-14(19(13)8-5-16)10-18-6-1-2-7-18/h3-4,9H,1-2,6-8,10H2. The molecule has 0 bridgehead atoms. The van der Waals surface area contributed by atoms with Crippen molar-refractivity contribution >= 4 is 11.0 Å². The highest BCUT2D eigenvalue weighted by Crippen LogP contribution is 2.20. The molecule has 98 valence electrons. The van der Waals surface area contributed by atoms with Crippen LogP contribution in [0.5, 0.6) is 0 Å². The van der Waals surface area contributed by atoms with Gasteiger partial charge in [0.05, 0.1) is 23.6 Å². The summed E-state index contributed by atoms with van der Waals surface area (Å²) >= 11 is 0. The smallest absolute Gasteiger partial charge is 0.125 e. The Labute approximate surface area is 111 Å². The second kappa shape index (κ2) is 4.98. The summed E-state index contributed by atoms with van der Waals surface area (Å²) in [6.07, 6.45) is 2.43. The van der Waals surface area contributed by atoms with E-state index in [0.29, 0.717) is 5.52 Å². The second-order valence-electron chi connectivity index (χ2n) is 4.89. The van der Waals surface area contributed by atoms with Gasteiger partial charge in [0, 0.05) is 6.07 Å². The SMILES string of the molecule is N#CCn1c(CN2CCCC2)nc2cc(F)ccc21. The van der Waals surface area contributed by atoms with E-state index in [1.54, 1.807) is 6.07 Å². The maximum atomic E-state index is 13.2. The minimum absolute atomic E-state index is 0.255. The normalized spacial score (nSPS) is 16.0. The number of rotatable bonds is 3. The average molecular weight is 258 g/mol. The molecule has 2 aromatic rings. The van der Waals surface area contributed by atoms with E-state index in [0.717, 1.165) is 31.0 Å². The molecule has 1 aromatic heterocycles. The van der Waals surface area contributed by atoms with Gasteiger partial charge in [0.15, 0.2) is 0 Å². The summed E-state index contributed by atoms with van der Waals surface area (Å²) in [4.78, 5) is 6.81. The van der Waals surface area contributed by atoms with Crippen molar-refractivity contribution in [3.8, 4) is 6.07 Å². The third-order valence-corrected chi connectivity index (χ3v) is 3.58. The molecule has 5 heteroatoms. The van der Waals surface area contributed by atoms with E-state index in [1.807, 2.05) is 4.57 Å². The molecule has 1 fully saturated rings. The molecule has 1 aromatic carbocycles. The first-order valence-electron chi connectivity index (χ1n) is 6.52. The lowest BCUT2D eigenvalue weighted by atomic mass is 10.3. The molecule has 19 heavy (non-hydrogen) atoms. The Bertz CT molecular complexity index is 635. The fourth-order valence-electron chi connectivity index (χ4n) is 2.66. The Hall–Kier alpha value is -1.93. The maximum Gasteiger partial charge on any atom is 0.125 e. The van der Waals surface area contributed by atoms with Crippen LogP contribution in [0.4, 0.5) is 4.39 Å². The van der Waals surface area contributed by atoms with E-state index in [1.165, 1.54) is 25.0 Å². The average Bonchev–Trinajstić information content (AvgIpc) is 2.99. The van der Waals surface area contributed by atoms with Crippen LogP contribution in [0, 0.1) is 17.1 Å². The van der Waals surface area contributed by atoms with Crippen molar-refractivity contribution in [3.05, 3.63) is 29.8 Å². The molecule has 1 aliphatic rings. The van der Waals surface area contributed by atoms with E-state index >= 15 is 0 Å². The molecule has 0 amide bonds. The lowest BCUT2D eigenvalue weighted by molar-refractivity contribution is 0.318. The molecule has 1 saturated heterocycles. The monoisotopic (exact) mass is 258 g/mol. The molecule has 0 atom stereocenters. The van der Waals surface area contributed by atoms with Crippen LogP contribution < -0.4 is 0 Å². The van der Waals surface area contributed by atoms with E-state index in [9.17, 15) is 4.39 Å². The molecule has 0 N–H and O–H groups in total. The number of fused-ring (bicyclic) bond motifs is 1. The number of imidazole rings is 1. The van der Waals surface area contributed by atoms with Crippen LogP contribution in [0.25, 0.3) is 11.0 Å². The van der Waals surface area contributed by atoms with Crippen LogP contribution in [0.15, 0.2) is 18.2 Å². The second-order valence-corrected chi connectivity index (χ2v) is 4.89. The van der Waals surface area contributed by atoms with Gasteiger partial charge in [-0.1, -0.05) is 0 Å². The summed E-state index contributed by atoms with van der Waals surface area (Å²) in [6.45, 7) is 3.14. The molecule has 3 rings (SSSR count). The zero-order chi connectivity index (χ0) is 13.2. The number of hydrogen-bond donors (Lipinski definition) is 0. The predicted octanol–water partition coefficient (Wildman–Crippen LogP) is 2.29. The Balaban J connectivity index is 2.01. The number of nitriles is 1. The van der Waals surface area contributed by atoms with Crippen LogP contribution in [-0.2, 0) is 13.1 Å². The molecule has 0 saturated carbocycles. The van der Waals surface area contributed by atoms with E-state index in [4.69, 9.17) is 5.26 Å². The summed E-state index contributed by atoms with van der Waals surface area (Å²) < 4.78 is 15.1. The molecule has 0 unspecified atom stereocenters. The molecular weight excluding hydrogens is 243 g/mol. The first-order chi connectivity index (χ1) is 9.28. The van der Waals surface area contributed by atoms with Gasteiger partial charge in [0.25, 0.3) is 0 Å². The highest BCUT2D eigenvalue weighted by molar-refractivity contribution is 5.76. The summed E-state index contributed by atoms with van der Waals surface area (Å²) in [6, 6.07) is 6.69. The lowest BCUT2D eigenvalue weighted by Crippen LogP contribution is -2.21. The van der Waals surface area contributed by atoms with Gasteiger partial charge in [-0.15, -0.1) is 0 Å². The van der Waals surface area contributed by atoms with E-state index in [2.05, 4.69) is 16.0 Å². The Morgan fingerprint density at radius 1 is 1.32 bits per heavy atom. The zero-order valence-electron chi connectivity index (χ0n) is 10.6. The Morgan fingerprint density at radius 3 is 2.84 bits per heavy atom. The fourth-order valence-corrected chi connectivity index (χ4v) is 2.66. The maximum absolute atomic E-state index is 13.2. The van der Waals surface area contributed by atoms with Gasteiger partial charge in [-0.25, -0.2) is 9.37 Å². The quantitative estimate of drug-likeness (QED) is 0.848. The first-order valence-corrected chi connectivity index (χ1v) is 6.52. The molecular formula is C14H15FN4. The van der Waals surface area contributed by atoms with Crippen molar-refractivity contribution in [3.63, 3.8) is 0 Å². The Morgan fingerprint density at radius 2 is 2.11 bits per heavy atom. The number of halogens is 1. The summed E-state index contributed by atoms with van der Waals surface area (Å²) in [7, 11) is 0. The van der Waals surface area contributed by atoms with Crippen LogP contribution in [0.3, 0.4) is 0 Å². The van der Waals surface area contributed by atoms with Crippen molar-refractivity contribution in [1.82, 2.24) is 14.5 Å². The fraction of sp³-hybridized carbons (Fsp3) is 0.429. The zero-order valence-corrected chi connectivity index (χ0v) is 10.6. The number of benzene rings is 1. The predicted molar refractivity (Wildman–Crippen MR) is 69.8 cm³/mol. The van der Waals surface area contributed by atoms with Crippen LogP contribution >= 0.6 is 0 Å². The van der Waals surface area contributed by atoms with Crippen molar-refractivity contribution in [2.45, 2.75) is 25.9 Å². The van der Waals surface area contributed by atoms with Gasteiger partial charge in [0.2, 0.25) is 0 Å². The summed E-state index contributed by atoms with van der Waals surface area (Å²) in [5.74, 6) is 0.561. The van der Waals surface area contributed by atoms with Crippen molar-refractivity contribution in [2.75, 3.05) is 13.1 Å². The highest BCUT2D eigenvalue weighted by atomic mass is 19.1. The van der Waals surface area contributed by atoms with Crippen LogP contribution in [-0.4, -0.2) is 27.5 Å². The van der Waals surface area contributed by atoms with Gasteiger partial charge in [-0.3, -0.25) is 4.90 Å². The first kappa shape index (κ1) is 12.1. The minimum atomic E-state index is -0.290. The molecule has 1 aliphatic heterocycles. The third-order valence-electron chi connectivity index (χ3n) is 3.58. The van der Waals surface area contributed by atoms with Crippen molar-refractivity contribution < 1.29 is 4.39 Å². The van der Waals surface area contributed by atoms with Gasteiger partial charge < -0.3 is 4.57 Å². The third kappa shape index (κ3) is 2.32. The van der Waals surface area contributed by atoms with E-state index in [-0.39, 0.29) is 12.4 Å². The summed E-state index contributed by atoms with van der Waals surface area (Å²) in [5.41, 5.74) is 1.46. The topological polar surface area (TPSA) is 44.9 Å². The van der Waals surface area contributed by atoms with Crippen molar-refractivity contribution in [1.29, 1.82) is 5.26 Å². The van der Waals surface area contributed by atoms with Gasteiger partial charge in [-0.05, 0) is 38.1 Å². The van der Waals surface area contributed by atoms with Gasteiger partial charge in [-0.2, -0.15) is 5.26 Å². The van der Waals surface area contributed by atoms with E-state index < -0.39 is 0 Å². The lowest BCUT2D eigenvalue weighted by Gasteiger charge is -2.14. The molecule has 2 heterocycles. The molecule has 0 aliphatic carbocycles. The van der Waals surface area contributed by atoms with Crippen molar-refractivity contribution in [2.24, 2.45) is 0 Å². The summed E-state index contributed by atoms with van der Waals surface area (Å²) in [5, 5.41) is 8.95. The van der Waals surface area contributed by atoms with Crippen LogP contribution in [0.1, 0.15) is 18.7 Å².